The summed E-state index contributed by atoms with van der Waals surface area (Å²) in [7, 11) is 0. The molecule has 0 aliphatic carbocycles. The zero-order chi connectivity index (χ0) is 22.1. The van der Waals surface area contributed by atoms with Crippen molar-refractivity contribution in [2.45, 2.75) is 38.0 Å². The average Bonchev–Trinajstić information content (AvgIpc) is 3.22. The molecular weight excluding hydrogens is 410 g/mol. The second-order valence-corrected chi connectivity index (χ2v) is 7.96. The van der Waals surface area contributed by atoms with Gasteiger partial charge < -0.3 is 15.2 Å². The van der Waals surface area contributed by atoms with Crippen LogP contribution in [0.2, 0.25) is 0 Å². The first-order chi connectivity index (χ1) is 15.1. The SMILES string of the molecule is CCn1c(SCC(=O)NCCc2ccccc2)nnc1[C@H](C)NC(=O)c1ccccc1. The van der Waals surface area contributed by atoms with Crippen molar-refractivity contribution in [2.24, 2.45) is 0 Å². The number of carbonyl (C=O) groups is 2. The number of rotatable bonds is 10. The summed E-state index contributed by atoms with van der Waals surface area (Å²) < 4.78 is 1.93. The van der Waals surface area contributed by atoms with Crippen LogP contribution in [0.15, 0.2) is 65.8 Å². The van der Waals surface area contributed by atoms with E-state index < -0.39 is 0 Å². The molecule has 2 amide bonds. The molecule has 0 radical (unpaired) electrons. The van der Waals surface area contributed by atoms with E-state index in [1.54, 1.807) is 12.1 Å². The van der Waals surface area contributed by atoms with Gasteiger partial charge >= 0.3 is 0 Å². The van der Waals surface area contributed by atoms with Gasteiger partial charge in [0.25, 0.3) is 5.91 Å². The summed E-state index contributed by atoms with van der Waals surface area (Å²) in [6.45, 7) is 5.11. The number of hydrogen-bond acceptors (Lipinski definition) is 5. The van der Waals surface area contributed by atoms with Crippen LogP contribution < -0.4 is 10.6 Å². The fourth-order valence-corrected chi connectivity index (χ4v) is 3.97. The Morgan fingerprint density at radius 1 is 1.03 bits per heavy atom. The largest absolute Gasteiger partial charge is 0.355 e. The van der Waals surface area contributed by atoms with E-state index in [9.17, 15) is 9.59 Å². The van der Waals surface area contributed by atoms with Crippen LogP contribution in [0, 0.1) is 0 Å². The van der Waals surface area contributed by atoms with Gasteiger partial charge in [0.15, 0.2) is 11.0 Å². The van der Waals surface area contributed by atoms with Gasteiger partial charge in [-0.15, -0.1) is 10.2 Å². The lowest BCUT2D eigenvalue weighted by molar-refractivity contribution is -0.118. The molecule has 2 aromatic carbocycles. The lowest BCUT2D eigenvalue weighted by Gasteiger charge is -2.15. The maximum atomic E-state index is 12.4. The fourth-order valence-electron chi connectivity index (χ4n) is 3.13. The summed E-state index contributed by atoms with van der Waals surface area (Å²) in [4.78, 5) is 24.6. The minimum absolute atomic E-state index is 0.0430. The van der Waals surface area contributed by atoms with Crippen LogP contribution in [0.25, 0.3) is 0 Å². The van der Waals surface area contributed by atoms with Gasteiger partial charge in [-0.2, -0.15) is 0 Å². The van der Waals surface area contributed by atoms with Crippen molar-refractivity contribution >= 4 is 23.6 Å². The van der Waals surface area contributed by atoms with Crippen molar-refractivity contribution in [3.8, 4) is 0 Å². The molecule has 0 unspecified atom stereocenters. The lowest BCUT2D eigenvalue weighted by Crippen LogP contribution is -2.29. The first-order valence-electron chi connectivity index (χ1n) is 10.3. The summed E-state index contributed by atoms with van der Waals surface area (Å²) in [6, 6.07) is 18.8. The highest BCUT2D eigenvalue weighted by atomic mass is 32.2. The van der Waals surface area contributed by atoms with Crippen molar-refractivity contribution in [3.05, 3.63) is 77.6 Å². The third-order valence-corrected chi connectivity index (χ3v) is 5.71. The summed E-state index contributed by atoms with van der Waals surface area (Å²) in [6.07, 6.45) is 0.797. The van der Waals surface area contributed by atoms with Crippen LogP contribution in [0.3, 0.4) is 0 Å². The molecule has 162 valence electrons. The Balaban J connectivity index is 1.52. The molecule has 3 rings (SSSR count). The number of amides is 2. The van der Waals surface area contributed by atoms with Crippen LogP contribution in [0.1, 0.15) is 41.6 Å². The molecule has 0 aliphatic heterocycles. The fraction of sp³-hybridized carbons (Fsp3) is 0.304. The number of carbonyl (C=O) groups excluding carboxylic acids is 2. The minimum Gasteiger partial charge on any atom is -0.355 e. The van der Waals surface area contributed by atoms with E-state index in [1.165, 1.54) is 17.3 Å². The minimum atomic E-state index is -0.311. The normalized spacial score (nSPS) is 11.7. The van der Waals surface area contributed by atoms with Gasteiger partial charge in [-0.1, -0.05) is 60.3 Å². The Hall–Kier alpha value is -3.13. The maximum absolute atomic E-state index is 12.4. The Labute approximate surface area is 186 Å². The zero-order valence-electron chi connectivity index (χ0n) is 17.7. The number of hydrogen-bond donors (Lipinski definition) is 2. The van der Waals surface area contributed by atoms with E-state index in [2.05, 4.69) is 20.8 Å². The average molecular weight is 438 g/mol. The van der Waals surface area contributed by atoms with Gasteiger partial charge in [0.1, 0.15) is 0 Å². The zero-order valence-corrected chi connectivity index (χ0v) is 18.6. The second kappa shape index (κ2) is 11.3. The molecule has 2 N–H and O–H groups in total. The van der Waals surface area contributed by atoms with Gasteiger partial charge in [-0.25, -0.2) is 0 Å². The third kappa shape index (κ3) is 6.42. The molecule has 1 heterocycles. The Morgan fingerprint density at radius 3 is 2.39 bits per heavy atom. The van der Waals surface area contributed by atoms with Gasteiger partial charge in [0.2, 0.25) is 5.91 Å². The maximum Gasteiger partial charge on any atom is 0.251 e. The second-order valence-electron chi connectivity index (χ2n) is 7.02. The highest BCUT2D eigenvalue weighted by molar-refractivity contribution is 7.99. The lowest BCUT2D eigenvalue weighted by atomic mass is 10.1. The molecule has 1 atom stereocenters. The van der Waals surface area contributed by atoms with E-state index in [-0.39, 0.29) is 23.6 Å². The van der Waals surface area contributed by atoms with E-state index in [4.69, 9.17) is 0 Å². The monoisotopic (exact) mass is 437 g/mol. The molecule has 0 fully saturated rings. The van der Waals surface area contributed by atoms with E-state index in [0.29, 0.717) is 29.6 Å². The number of nitrogens with one attached hydrogen (secondary N) is 2. The highest BCUT2D eigenvalue weighted by Crippen LogP contribution is 2.20. The van der Waals surface area contributed by atoms with Crippen LogP contribution in [-0.2, 0) is 17.8 Å². The van der Waals surface area contributed by atoms with Crippen LogP contribution in [-0.4, -0.2) is 38.9 Å². The van der Waals surface area contributed by atoms with Gasteiger partial charge in [-0.05, 0) is 38.0 Å². The predicted molar refractivity (Wildman–Crippen MR) is 122 cm³/mol. The molecule has 0 bridgehead atoms. The molecule has 8 heteroatoms. The molecule has 0 spiro atoms. The van der Waals surface area contributed by atoms with Gasteiger partial charge in [0, 0.05) is 18.7 Å². The summed E-state index contributed by atoms with van der Waals surface area (Å²) in [5.41, 5.74) is 1.79. The smallest absolute Gasteiger partial charge is 0.251 e. The van der Waals surface area contributed by atoms with Crippen molar-refractivity contribution in [2.75, 3.05) is 12.3 Å². The van der Waals surface area contributed by atoms with Crippen molar-refractivity contribution in [1.82, 2.24) is 25.4 Å². The molecular formula is C23H27N5O2S. The number of aromatic nitrogens is 3. The van der Waals surface area contributed by atoms with Crippen LogP contribution in [0.5, 0.6) is 0 Å². The Kier molecular flexibility index (Phi) is 8.23. The molecule has 0 aliphatic rings. The molecule has 0 saturated heterocycles. The molecule has 7 nitrogen and oxygen atoms in total. The summed E-state index contributed by atoms with van der Waals surface area (Å²) in [5.74, 6) is 0.723. The van der Waals surface area contributed by atoms with Gasteiger partial charge in [0.05, 0.1) is 11.8 Å². The Morgan fingerprint density at radius 2 is 1.71 bits per heavy atom. The standard InChI is InChI=1S/C23H27N5O2S/c1-3-28-21(17(2)25-22(30)19-12-8-5-9-13-19)26-27-23(28)31-16-20(29)24-15-14-18-10-6-4-7-11-18/h4-13,17H,3,14-16H2,1-2H3,(H,24,29)(H,25,30)/t17-/m0/s1. The number of nitrogens with zero attached hydrogens (tertiary/aromatic N) is 3. The summed E-state index contributed by atoms with van der Waals surface area (Å²) >= 11 is 1.34. The van der Waals surface area contributed by atoms with Crippen molar-refractivity contribution < 1.29 is 9.59 Å². The first-order valence-corrected chi connectivity index (χ1v) is 11.3. The Bertz CT molecular complexity index is 992. The molecule has 3 aromatic rings. The van der Waals surface area contributed by atoms with Crippen molar-refractivity contribution in [3.63, 3.8) is 0 Å². The number of benzene rings is 2. The topological polar surface area (TPSA) is 88.9 Å². The van der Waals surface area contributed by atoms with E-state index in [1.807, 2.05) is 66.9 Å². The quantitative estimate of drug-likeness (QED) is 0.476. The molecule has 1 aromatic heterocycles. The van der Waals surface area contributed by atoms with Gasteiger partial charge in [-0.3, -0.25) is 9.59 Å². The predicted octanol–water partition coefficient (Wildman–Crippen LogP) is 3.24. The third-order valence-electron chi connectivity index (χ3n) is 4.74. The first kappa shape index (κ1) is 22.6. The molecule has 31 heavy (non-hydrogen) atoms. The van der Waals surface area contributed by atoms with E-state index >= 15 is 0 Å². The van der Waals surface area contributed by atoms with Crippen LogP contribution >= 0.6 is 11.8 Å². The molecule has 0 saturated carbocycles. The van der Waals surface area contributed by atoms with E-state index in [0.717, 1.165) is 6.42 Å². The summed E-state index contributed by atoms with van der Waals surface area (Å²) in [5, 5.41) is 15.1. The van der Waals surface area contributed by atoms with Crippen LogP contribution in [0.4, 0.5) is 0 Å². The highest BCUT2D eigenvalue weighted by Gasteiger charge is 2.20. The van der Waals surface area contributed by atoms with Crippen molar-refractivity contribution in [1.29, 1.82) is 0 Å². The number of thioether (sulfide) groups is 1.